The number of ether oxygens (including phenoxy) is 2. The number of aliphatic hydroxyl groups is 1. The van der Waals surface area contributed by atoms with Crippen LogP contribution in [0.5, 0.6) is 0 Å². The fourth-order valence-electron chi connectivity index (χ4n) is 3.05. The molecule has 2 rings (SSSR count). The quantitative estimate of drug-likeness (QED) is 0.605. The third kappa shape index (κ3) is 5.32. The molecule has 0 aromatic carbocycles. The largest absolute Gasteiger partial charge is 0.394 e. The molecule has 2 aliphatic carbocycles. The molecule has 0 amide bonds. The second-order valence-corrected chi connectivity index (χ2v) is 6.41. The highest BCUT2D eigenvalue weighted by molar-refractivity contribution is 4.99. The van der Waals surface area contributed by atoms with Crippen molar-refractivity contribution in [2.75, 3.05) is 26.4 Å². The summed E-state index contributed by atoms with van der Waals surface area (Å²) in [6.45, 7) is 4.62. The number of hydrogen-bond donors (Lipinski definition) is 2. The van der Waals surface area contributed by atoms with Gasteiger partial charge in [-0.05, 0) is 44.9 Å². The molecule has 118 valence electrons. The van der Waals surface area contributed by atoms with Crippen LogP contribution in [0, 0.1) is 0 Å². The molecule has 0 spiro atoms. The summed E-state index contributed by atoms with van der Waals surface area (Å²) in [4.78, 5) is 0. The first-order valence-electron chi connectivity index (χ1n) is 8.36. The zero-order chi connectivity index (χ0) is 14.3. The second kappa shape index (κ2) is 8.32. The zero-order valence-corrected chi connectivity index (χ0v) is 12.9. The third-order valence-corrected chi connectivity index (χ3v) is 4.41. The molecule has 2 saturated carbocycles. The van der Waals surface area contributed by atoms with Crippen molar-refractivity contribution in [2.24, 2.45) is 0 Å². The van der Waals surface area contributed by atoms with Crippen molar-refractivity contribution in [1.82, 2.24) is 5.32 Å². The molecule has 0 radical (unpaired) electrons. The summed E-state index contributed by atoms with van der Waals surface area (Å²) < 4.78 is 11.5. The molecule has 0 bridgehead atoms. The third-order valence-electron chi connectivity index (χ3n) is 4.41. The maximum absolute atomic E-state index is 9.76. The molecule has 2 atom stereocenters. The van der Waals surface area contributed by atoms with Gasteiger partial charge in [0, 0.05) is 18.2 Å². The van der Waals surface area contributed by atoms with E-state index in [-0.39, 0.29) is 18.2 Å². The monoisotopic (exact) mass is 285 g/mol. The number of aliphatic hydroxyl groups excluding tert-OH is 1. The van der Waals surface area contributed by atoms with Crippen molar-refractivity contribution < 1.29 is 14.6 Å². The van der Waals surface area contributed by atoms with Gasteiger partial charge in [0.25, 0.3) is 0 Å². The average molecular weight is 285 g/mol. The van der Waals surface area contributed by atoms with Crippen LogP contribution in [0.15, 0.2) is 0 Å². The number of nitrogens with one attached hydrogen (secondary N) is 1. The predicted molar refractivity (Wildman–Crippen MR) is 79.9 cm³/mol. The van der Waals surface area contributed by atoms with E-state index in [0.29, 0.717) is 19.3 Å². The lowest BCUT2D eigenvalue weighted by atomic mass is 9.80. The van der Waals surface area contributed by atoms with Crippen LogP contribution in [0.25, 0.3) is 0 Å². The van der Waals surface area contributed by atoms with E-state index in [1.807, 2.05) is 0 Å². The van der Waals surface area contributed by atoms with E-state index >= 15 is 0 Å². The van der Waals surface area contributed by atoms with E-state index in [2.05, 4.69) is 12.2 Å². The van der Waals surface area contributed by atoms with Gasteiger partial charge in [-0.2, -0.15) is 0 Å². The molecule has 2 aliphatic rings. The minimum absolute atomic E-state index is 0.0901. The maximum atomic E-state index is 9.76. The summed E-state index contributed by atoms with van der Waals surface area (Å²) in [6, 6.07) is 0.637. The van der Waals surface area contributed by atoms with Crippen molar-refractivity contribution in [3.63, 3.8) is 0 Å². The summed E-state index contributed by atoms with van der Waals surface area (Å²) in [7, 11) is 0. The molecule has 2 unspecified atom stereocenters. The SMILES string of the molecule is CCCCOCCOC1CCCC(CO)(NC2CC2)C1. The Bertz CT molecular complexity index is 270. The molecule has 2 N–H and O–H groups in total. The Balaban J connectivity index is 1.64. The molecule has 4 heteroatoms. The van der Waals surface area contributed by atoms with E-state index in [4.69, 9.17) is 9.47 Å². The normalized spacial score (nSPS) is 30.6. The van der Waals surface area contributed by atoms with Gasteiger partial charge < -0.3 is 19.9 Å². The van der Waals surface area contributed by atoms with Crippen LogP contribution in [0.3, 0.4) is 0 Å². The summed E-state index contributed by atoms with van der Waals surface area (Å²) in [5.41, 5.74) is -0.0901. The summed E-state index contributed by atoms with van der Waals surface area (Å²) in [5.74, 6) is 0. The highest BCUT2D eigenvalue weighted by Crippen LogP contribution is 2.33. The molecule has 4 nitrogen and oxygen atoms in total. The highest BCUT2D eigenvalue weighted by Gasteiger charge is 2.40. The Morgan fingerprint density at radius 3 is 2.75 bits per heavy atom. The smallest absolute Gasteiger partial charge is 0.0704 e. The number of rotatable bonds is 10. The highest BCUT2D eigenvalue weighted by atomic mass is 16.5. The molecule has 2 fully saturated rings. The Morgan fingerprint density at radius 1 is 1.20 bits per heavy atom. The van der Waals surface area contributed by atoms with Gasteiger partial charge in [0.1, 0.15) is 0 Å². The van der Waals surface area contributed by atoms with E-state index in [9.17, 15) is 5.11 Å². The summed E-state index contributed by atoms with van der Waals surface area (Å²) in [5, 5.41) is 13.4. The first kappa shape index (κ1) is 16.2. The van der Waals surface area contributed by atoms with E-state index in [0.717, 1.165) is 38.7 Å². The lowest BCUT2D eigenvalue weighted by molar-refractivity contribution is -0.0383. The lowest BCUT2D eigenvalue weighted by Crippen LogP contribution is -2.54. The van der Waals surface area contributed by atoms with Gasteiger partial charge in [0.2, 0.25) is 0 Å². The minimum Gasteiger partial charge on any atom is -0.394 e. The zero-order valence-electron chi connectivity index (χ0n) is 12.9. The lowest BCUT2D eigenvalue weighted by Gasteiger charge is -2.40. The Morgan fingerprint density at radius 2 is 2.05 bits per heavy atom. The molecule has 0 heterocycles. The van der Waals surface area contributed by atoms with E-state index < -0.39 is 0 Å². The van der Waals surface area contributed by atoms with Gasteiger partial charge in [0.15, 0.2) is 0 Å². The van der Waals surface area contributed by atoms with Gasteiger partial charge in [-0.3, -0.25) is 0 Å². The molecule has 20 heavy (non-hydrogen) atoms. The van der Waals surface area contributed by atoms with Gasteiger partial charge >= 0.3 is 0 Å². The van der Waals surface area contributed by atoms with Gasteiger partial charge in [0.05, 0.1) is 25.9 Å². The maximum Gasteiger partial charge on any atom is 0.0704 e. The van der Waals surface area contributed by atoms with Crippen LogP contribution in [0.4, 0.5) is 0 Å². The fourth-order valence-corrected chi connectivity index (χ4v) is 3.05. The van der Waals surface area contributed by atoms with Gasteiger partial charge in [-0.25, -0.2) is 0 Å². The molecular formula is C16H31NO3. The van der Waals surface area contributed by atoms with Crippen molar-refractivity contribution >= 4 is 0 Å². The minimum atomic E-state index is -0.0901. The van der Waals surface area contributed by atoms with Gasteiger partial charge in [-0.15, -0.1) is 0 Å². The first-order valence-corrected chi connectivity index (χ1v) is 8.36. The Hall–Kier alpha value is -0.160. The molecular weight excluding hydrogens is 254 g/mol. The molecule has 0 aromatic heterocycles. The van der Waals surface area contributed by atoms with Crippen molar-refractivity contribution in [3.05, 3.63) is 0 Å². The summed E-state index contributed by atoms with van der Waals surface area (Å²) >= 11 is 0. The van der Waals surface area contributed by atoms with Crippen LogP contribution in [0.1, 0.15) is 58.3 Å². The van der Waals surface area contributed by atoms with Crippen LogP contribution in [-0.4, -0.2) is 49.2 Å². The number of hydrogen-bond acceptors (Lipinski definition) is 4. The van der Waals surface area contributed by atoms with Crippen LogP contribution < -0.4 is 5.32 Å². The van der Waals surface area contributed by atoms with Crippen LogP contribution >= 0.6 is 0 Å². The van der Waals surface area contributed by atoms with Crippen molar-refractivity contribution in [2.45, 2.75) is 76.0 Å². The average Bonchev–Trinajstić information content (AvgIpc) is 3.27. The standard InChI is InChI=1S/C16H31NO3/c1-2-3-9-19-10-11-20-15-5-4-8-16(12-15,13-18)17-14-6-7-14/h14-15,17-18H,2-13H2,1H3. The molecule has 0 saturated heterocycles. The summed E-state index contributed by atoms with van der Waals surface area (Å²) in [6.07, 6.45) is 9.37. The molecule has 0 aromatic rings. The van der Waals surface area contributed by atoms with Crippen molar-refractivity contribution in [3.8, 4) is 0 Å². The van der Waals surface area contributed by atoms with E-state index in [1.54, 1.807) is 0 Å². The van der Waals surface area contributed by atoms with Crippen LogP contribution in [-0.2, 0) is 9.47 Å². The van der Waals surface area contributed by atoms with Crippen molar-refractivity contribution in [1.29, 1.82) is 0 Å². The predicted octanol–water partition coefficient (Wildman–Crippen LogP) is 2.25. The van der Waals surface area contributed by atoms with Crippen LogP contribution in [0.2, 0.25) is 0 Å². The van der Waals surface area contributed by atoms with E-state index in [1.165, 1.54) is 19.3 Å². The second-order valence-electron chi connectivity index (χ2n) is 6.41. The molecule has 0 aliphatic heterocycles. The van der Waals surface area contributed by atoms with Gasteiger partial charge in [-0.1, -0.05) is 13.3 Å². The topological polar surface area (TPSA) is 50.7 Å². The Labute approximate surface area is 123 Å². The Kier molecular flexibility index (Phi) is 6.75. The fraction of sp³-hybridized carbons (Fsp3) is 1.00. The first-order chi connectivity index (χ1) is 9.78. The number of unbranched alkanes of at least 4 members (excludes halogenated alkanes) is 1.